The summed E-state index contributed by atoms with van der Waals surface area (Å²) in [6.07, 6.45) is 2.19. The van der Waals surface area contributed by atoms with Crippen LogP contribution in [0.4, 0.5) is 20.6 Å². The molecule has 0 radical (unpaired) electrons. The van der Waals surface area contributed by atoms with Crippen LogP contribution in [0, 0.1) is 5.82 Å². The molecule has 35 heavy (non-hydrogen) atoms. The van der Waals surface area contributed by atoms with Gasteiger partial charge in [0.05, 0.1) is 4.90 Å². The predicted molar refractivity (Wildman–Crippen MR) is 134 cm³/mol. The molecule has 3 amide bonds. The van der Waals surface area contributed by atoms with Crippen molar-refractivity contribution in [2.45, 2.75) is 23.8 Å². The van der Waals surface area contributed by atoms with Crippen LogP contribution in [0.3, 0.4) is 0 Å². The largest absolute Gasteiger partial charge is 0.324 e. The van der Waals surface area contributed by atoms with E-state index in [1.165, 1.54) is 29.2 Å². The van der Waals surface area contributed by atoms with Gasteiger partial charge in [0, 0.05) is 40.3 Å². The molecule has 10 heteroatoms. The minimum absolute atomic E-state index is 0.0176. The zero-order valence-corrected chi connectivity index (χ0v) is 20.4. The molecule has 0 aliphatic carbocycles. The summed E-state index contributed by atoms with van der Waals surface area (Å²) in [5, 5.41) is 5.96. The van der Waals surface area contributed by atoms with Crippen molar-refractivity contribution in [2.24, 2.45) is 0 Å². The van der Waals surface area contributed by atoms with Crippen LogP contribution in [0.5, 0.6) is 0 Å². The van der Waals surface area contributed by atoms with Crippen LogP contribution in [-0.4, -0.2) is 44.1 Å². The van der Waals surface area contributed by atoms with Gasteiger partial charge in [-0.2, -0.15) is 0 Å². The molecule has 3 aromatic carbocycles. The van der Waals surface area contributed by atoms with Crippen molar-refractivity contribution in [1.82, 2.24) is 4.90 Å². The third kappa shape index (κ3) is 5.63. The van der Waals surface area contributed by atoms with Gasteiger partial charge in [-0.15, -0.1) is 0 Å². The highest BCUT2D eigenvalue weighted by molar-refractivity contribution is 7.90. The molecule has 7 nitrogen and oxygen atoms in total. The lowest BCUT2D eigenvalue weighted by molar-refractivity contribution is -0.119. The van der Waals surface area contributed by atoms with E-state index in [1.54, 1.807) is 36.4 Å². The summed E-state index contributed by atoms with van der Waals surface area (Å²) < 4.78 is 39.2. The molecule has 1 fully saturated rings. The molecule has 1 unspecified atom stereocenters. The second-order valence-corrected chi connectivity index (χ2v) is 10.7. The van der Waals surface area contributed by atoms with Gasteiger partial charge in [-0.25, -0.2) is 17.6 Å². The van der Waals surface area contributed by atoms with Crippen molar-refractivity contribution in [2.75, 3.05) is 23.4 Å². The van der Waals surface area contributed by atoms with Crippen molar-refractivity contribution in [3.05, 3.63) is 77.6 Å². The number of nitrogens with zero attached hydrogens (tertiary/aromatic N) is 1. The second-order valence-electron chi connectivity index (χ2n) is 8.24. The highest BCUT2D eigenvalue weighted by Gasteiger charge is 2.34. The van der Waals surface area contributed by atoms with Crippen LogP contribution >= 0.6 is 11.6 Å². The smallest absolute Gasteiger partial charge is 0.322 e. The highest BCUT2D eigenvalue weighted by Crippen LogP contribution is 2.31. The van der Waals surface area contributed by atoms with E-state index in [2.05, 4.69) is 10.6 Å². The van der Waals surface area contributed by atoms with Crippen LogP contribution in [-0.2, 0) is 14.6 Å². The van der Waals surface area contributed by atoms with Gasteiger partial charge in [-0.1, -0.05) is 29.8 Å². The lowest BCUT2D eigenvalue weighted by Gasteiger charge is -2.24. The number of carbonyl (C=O) groups is 2. The van der Waals surface area contributed by atoms with Gasteiger partial charge in [-0.05, 0) is 61.4 Å². The van der Waals surface area contributed by atoms with Gasteiger partial charge >= 0.3 is 6.03 Å². The number of halogens is 2. The Kier molecular flexibility index (Phi) is 7.09. The first-order valence-corrected chi connectivity index (χ1v) is 13.1. The number of hydrogen-bond acceptors (Lipinski definition) is 4. The van der Waals surface area contributed by atoms with E-state index in [0.717, 1.165) is 12.3 Å². The van der Waals surface area contributed by atoms with Crippen molar-refractivity contribution in [3.63, 3.8) is 0 Å². The predicted octanol–water partition coefficient (Wildman–Crippen LogP) is 5.18. The van der Waals surface area contributed by atoms with Gasteiger partial charge in [0.25, 0.3) is 0 Å². The summed E-state index contributed by atoms with van der Waals surface area (Å²) in [6.45, 7) is 0.410. The highest BCUT2D eigenvalue weighted by atomic mass is 35.5. The van der Waals surface area contributed by atoms with Crippen LogP contribution in [0.25, 0.3) is 11.1 Å². The summed E-state index contributed by atoms with van der Waals surface area (Å²) >= 11 is 5.87. The number of anilines is 2. The minimum Gasteiger partial charge on any atom is -0.324 e. The third-order valence-electron chi connectivity index (χ3n) is 5.73. The molecule has 0 bridgehead atoms. The van der Waals surface area contributed by atoms with E-state index in [-0.39, 0.29) is 21.7 Å². The van der Waals surface area contributed by atoms with E-state index in [0.29, 0.717) is 30.1 Å². The summed E-state index contributed by atoms with van der Waals surface area (Å²) in [7, 11) is -3.56. The van der Waals surface area contributed by atoms with Crippen molar-refractivity contribution >= 4 is 44.8 Å². The minimum atomic E-state index is -3.56. The average Bonchev–Trinajstić information content (AvgIpc) is 3.31. The first-order valence-electron chi connectivity index (χ1n) is 10.9. The van der Waals surface area contributed by atoms with E-state index < -0.39 is 33.6 Å². The van der Waals surface area contributed by atoms with Gasteiger partial charge in [0.15, 0.2) is 9.84 Å². The number of likely N-dealkylation sites (tertiary alicyclic amines) is 1. The van der Waals surface area contributed by atoms with Crippen molar-refractivity contribution in [1.29, 1.82) is 0 Å². The number of amides is 3. The van der Waals surface area contributed by atoms with Crippen LogP contribution < -0.4 is 10.6 Å². The molecule has 0 saturated carbocycles. The quantitative estimate of drug-likeness (QED) is 0.489. The summed E-state index contributed by atoms with van der Waals surface area (Å²) in [5.74, 6) is -1.11. The Hall–Kier alpha value is -3.43. The normalized spacial score (nSPS) is 15.6. The molecule has 0 spiro atoms. The van der Waals surface area contributed by atoms with Gasteiger partial charge < -0.3 is 15.5 Å². The first kappa shape index (κ1) is 24.7. The Morgan fingerprint density at radius 3 is 2.34 bits per heavy atom. The topological polar surface area (TPSA) is 95.6 Å². The van der Waals surface area contributed by atoms with E-state index in [9.17, 15) is 22.4 Å². The molecule has 1 aliphatic heterocycles. The Morgan fingerprint density at radius 2 is 1.66 bits per heavy atom. The molecular weight excluding hydrogens is 493 g/mol. The number of rotatable bonds is 5. The molecule has 4 rings (SSSR count). The molecule has 2 N–H and O–H groups in total. The third-order valence-corrected chi connectivity index (χ3v) is 7.13. The second kappa shape index (κ2) is 10.1. The molecule has 1 saturated heterocycles. The summed E-state index contributed by atoms with van der Waals surface area (Å²) in [5.41, 5.74) is 1.11. The fraction of sp³-hybridized carbons (Fsp3) is 0.200. The molecular formula is C25H23ClFN3O4S. The SMILES string of the molecule is CS(=O)(=O)c1ccccc1-c1ccc(NC(=O)C2CCCN2C(=O)Nc2ccc(Cl)cc2)cc1F. The maximum Gasteiger partial charge on any atom is 0.322 e. The summed E-state index contributed by atoms with van der Waals surface area (Å²) in [6, 6.07) is 15.7. The Bertz CT molecular complexity index is 1380. The Labute approximate surface area is 207 Å². The van der Waals surface area contributed by atoms with Crippen LogP contribution in [0.1, 0.15) is 12.8 Å². The number of nitrogens with one attached hydrogen (secondary N) is 2. The van der Waals surface area contributed by atoms with Crippen LogP contribution in [0.2, 0.25) is 5.02 Å². The monoisotopic (exact) mass is 515 g/mol. The molecule has 3 aromatic rings. The number of urea groups is 1. The Balaban J connectivity index is 1.49. The summed E-state index contributed by atoms with van der Waals surface area (Å²) in [4.78, 5) is 27.1. The standard InChI is InChI=1S/C25H23ClFN3O4S/c1-35(33,34)23-7-3-2-5-20(23)19-13-12-18(15-21(19)27)28-24(31)22-6-4-14-30(22)25(32)29-17-10-8-16(26)9-11-17/h2-3,5,7-13,15,22H,4,6,14H2,1H3,(H,28,31)(H,29,32). The lowest BCUT2D eigenvalue weighted by atomic mass is 10.0. The Morgan fingerprint density at radius 1 is 0.971 bits per heavy atom. The maximum atomic E-state index is 15.0. The molecule has 1 atom stereocenters. The lowest BCUT2D eigenvalue weighted by Crippen LogP contribution is -2.45. The van der Waals surface area contributed by atoms with Crippen LogP contribution in [0.15, 0.2) is 71.6 Å². The van der Waals surface area contributed by atoms with Crippen molar-refractivity contribution in [3.8, 4) is 11.1 Å². The van der Waals surface area contributed by atoms with E-state index in [4.69, 9.17) is 11.6 Å². The zero-order chi connectivity index (χ0) is 25.2. The van der Waals surface area contributed by atoms with Gasteiger partial charge in [-0.3, -0.25) is 4.79 Å². The molecule has 182 valence electrons. The molecule has 1 aliphatic rings. The zero-order valence-electron chi connectivity index (χ0n) is 18.8. The van der Waals surface area contributed by atoms with E-state index in [1.807, 2.05) is 0 Å². The fourth-order valence-corrected chi connectivity index (χ4v) is 5.09. The number of hydrogen-bond donors (Lipinski definition) is 2. The van der Waals surface area contributed by atoms with Gasteiger partial charge in [0.1, 0.15) is 11.9 Å². The number of sulfone groups is 1. The first-order chi connectivity index (χ1) is 16.6. The fourth-order valence-electron chi connectivity index (χ4n) is 4.06. The molecule has 1 heterocycles. The average molecular weight is 516 g/mol. The van der Waals surface area contributed by atoms with Gasteiger partial charge in [0.2, 0.25) is 5.91 Å². The maximum absolute atomic E-state index is 15.0. The molecule has 0 aromatic heterocycles. The number of carbonyl (C=O) groups excluding carboxylic acids is 2. The van der Waals surface area contributed by atoms with E-state index >= 15 is 0 Å². The number of benzene rings is 3. The van der Waals surface area contributed by atoms with Crippen molar-refractivity contribution < 1.29 is 22.4 Å².